The molecule has 254 valence electrons. The molecule has 10 atom stereocenters. The first-order valence-electron chi connectivity index (χ1n) is 14.5. The normalized spacial score (nSPS) is 31.5. The Balaban J connectivity index is 1.52. The lowest BCUT2D eigenvalue weighted by atomic mass is 9.97. The number of phenols is 2. The molecule has 2 aromatic rings. The second-order valence-corrected chi connectivity index (χ2v) is 10.8. The second-order valence-electron chi connectivity index (χ2n) is 10.8. The van der Waals surface area contributed by atoms with E-state index in [4.69, 9.17) is 33.2 Å². The number of hydrogen-bond donors (Lipinski definition) is 7. The van der Waals surface area contributed by atoms with Crippen molar-refractivity contribution in [3.63, 3.8) is 0 Å². The summed E-state index contributed by atoms with van der Waals surface area (Å²) >= 11 is 0. The Morgan fingerprint density at radius 2 is 1.59 bits per heavy atom. The Kier molecular flexibility index (Phi) is 12.2. The molecule has 2 aromatic carbocycles. The van der Waals surface area contributed by atoms with E-state index in [9.17, 15) is 40.5 Å². The lowest BCUT2D eigenvalue weighted by molar-refractivity contribution is -0.357. The van der Waals surface area contributed by atoms with Crippen LogP contribution in [0.2, 0.25) is 0 Å². The Labute approximate surface area is 264 Å². The van der Waals surface area contributed by atoms with Gasteiger partial charge in [-0.05, 0) is 54.8 Å². The number of methoxy groups -OCH3 is 2. The third-order valence-electron chi connectivity index (χ3n) is 7.68. The van der Waals surface area contributed by atoms with E-state index in [1.165, 1.54) is 51.5 Å². The van der Waals surface area contributed by atoms with Gasteiger partial charge in [0.15, 0.2) is 41.7 Å². The zero-order chi connectivity index (χ0) is 33.5. The van der Waals surface area contributed by atoms with Crippen molar-refractivity contribution in [1.29, 1.82) is 0 Å². The molecule has 7 N–H and O–H groups in total. The summed E-state index contributed by atoms with van der Waals surface area (Å²) < 4.78 is 38.6. The lowest BCUT2D eigenvalue weighted by Gasteiger charge is -2.46. The van der Waals surface area contributed by atoms with Crippen LogP contribution in [-0.2, 0) is 34.9 Å². The molecule has 2 aliphatic rings. The maximum absolute atomic E-state index is 12.9. The third kappa shape index (κ3) is 8.25. The van der Waals surface area contributed by atoms with Crippen LogP contribution in [0, 0.1) is 0 Å². The number of benzene rings is 2. The number of aromatic hydroxyl groups is 2. The van der Waals surface area contributed by atoms with E-state index >= 15 is 0 Å². The van der Waals surface area contributed by atoms with Gasteiger partial charge in [-0.15, -0.1) is 0 Å². The van der Waals surface area contributed by atoms with Gasteiger partial charge >= 0.3 is 5.97 Å². The molecule has 2 heterocycles. The molecular formula is C31H40O15. The van der Waals surface area contributed by atoms with E-state index in [0.29, 0.717) is 16.9 Å². The first-order valence-corrected chi connectivity index (χ1v) is 14.5. The first kappa shape index (κ1) is 35.3. The van der Waals surface area contributed by atoms with Crippen LogP contribution in [0.5, 0.6) is 23.0 Å². The lowest BCUT2D eigenvalue weighted by Crippen LogP contribution is -2.65. The van der Waals surface area contributed by atoms with Crippen molar-refractivity contribution in [3.8, 4) is 23.0 Å². The number of hydrogen-bond acceptors (Lipinski definition) is 15. The molecule has 2 saturated heterocycles. The molecule has 0 spiro atoms. The Bertz CT molecular complexity index is 1340. The molecule has 2 fully saturated rings. The van der Waals surface area contributed by atoms with Crippen LogP contribution in [0.4, 0.5) is 0 Å². The minimum Gasteiger partial charge on any atom is -0.504 e. The molecule has 10 unspecified atom stereocenters. The van der Waals surface area contributed by atoms with Gasteiger partial charge in [-0.25, -0.2) is 4.79 Å². The molecular weight excluding hydrogens is 612 g/mol. The van der Waals surface area contributed by atoms with Crippen LogP contribution in [0.1, 0.15) is 18.1 Å². The largest absolute Gasteiger partial charge is 0.504 e. The maximum Gasteiger partial charge on any atom is 0.331 e. The molecule has 0 bridgehead atoms. The van der Waals surface area contributed by atoms with Gasteiger partial charge in [0, 0.05) is 6.08 Å². The fourth-order valence-corrected chi connectivity index (χ4v) is 5.08. The first-order chi connectivity index (χ1) is 22.0. The smallest absolute Gasteiger partial charge is 0.331 e. The zero-order valence-electron chi connectivity index (χ0n) is 25.4. The molecule has 15 heteroatoms. The number of aliphatic hydroxyl groups excluding tert-OH is 5. The minimum atomic E-state index is -1.75. The number of carbonyl (C=O) groups excluding carboxylic acids is 1. The summed E-state index contributed by atoms with van der Waals surface area (Å²) in [7, 11) is 2.79. The summed E-state index contributed by atoms with van der Waals surface area (Å²) in [6.07, 6.45) is -12.1. The fourth-order valence-electron chi connectivity index (χ4n) is 5.08. The van der Waals surface area contributed by atoms with Gasteiger partial charge in [0.1, 0.15) is 36.6 Å². The minimum absolute atomic E-state index is 0.0217. The predicted molar refractivity (Wildman–Crippen MR) is 157 cm³/mol. The van der Waals surface area contributed by atoms with Crippen LogP contribution < -0.4 is 9.47 Å². The highest BCUT2D eigenvalue weighted by atomic mass is 16.7. The highest BCUT2D eigenvalue weighted by Crippen LogP contribution is 2.32. The topological polar surface area (TPSA) is 223 Å². The molecule has 0 aliphatic carbocycles. The number of esters is 1. The summed E-state index contributed by atoms with van der Waals surface area (Å²) in [5, 5.41) is 72.3. The molecule has 0 aromatic heterocycles. The highest BCUT2D eigenvalue weighted by Gasteiger charge is 2.52. The van der Waals surface area contributed by atoms with Crippen LogP contribution in [0.25, 0.3) is 6.08 Å². The van der Waals surface area contributed by atoms with E-state index in [1.54, 1.807) is 12.1 Å². The summed E-state index contributed by atoms with van der Waals surface area (Å²) in [5.74, 6) is -0.625. The fraction of sp³-hybridized carbons (Fsp3) is 0.516. The van der Waals surface area contributed by atoms with Gasteiger partial charge < -0.3 is 68.9 Å². The van der Waals surface area contributed by atoms with E-state index in [0.717, 1.165) is 6.08 Å². The van der Waals surface area contributed by atoms with E-state index in [1.807, 2.05) is 0 Å². The average Bonchev–Trinajstić information content (AvgIpc) is 3.04. The molecule has 46 heavy (non-hydrogen) atoms. The van der Waals surface area contributed by atoms with Gasteiger partial charge in [-0.3, -0.25) is 0 Å². The number of ether oxygens (including phenoxy) is 7. The molecule has 15 nitrogen and oxygen atoms in total. The van der Waals surface area contributed by atoms with Crippen molar-refractivity contribution >= 4 is 12.0 Å². The van der Waals surface area contributed by atoms with Gasteiger partial charge in [-0.2, -0.15) is 0 Å². The van der Waals surface area contributed by atoms with Gasteiger partial charge in [0.2, 0.25) is 0 Å². The summed E-state index contributed by atoms with van der Waals surface area (Å²) in [6.45, 7) is 0.712. The zero-order valence-corrected chi connectivity index (χ0v) is 25.4. The van der Waals surface area contributed by atoms with Crippen molar-refractivity contribution in [2.75, 3.05) is 27.4 Å². The summed E-state index contributed by atoms with van der Waals surface area (Å²) in [6, 6.07) is 9.16. The summed E-state index contributed by atoms with van der Waals surface area (Å²) in [5.41, 5.74) is 1.16. The standard InChI is InChI=1S/C31H40O15/c1-15-24(36)25(37)26(38)31(43-15)46-29-27(39)30(42-11-10-17-5-8-20(40-2)19(34)12-17)44-22(14-32)28(29)45-23(35)9-6-16-4-7-18(33)21(13-16)41-3/h4-9,12-13,15,22,24-34,36-39H,10-11,14H2,1-3H3/b9-6+. The maximum atomic E-state index is 12.9. The Hall–Kier alpha value is -3.51. The number of rotatable bonds is 12. The Morgan fingerprint density at radius 3 is 2.26 bits per heavy atom. The van der Waals surface area contributed by atoms with Gasteiger partial charge in [-0.1, -0.05) is 12.1 Å². The monoisotopic (exact) mass is 652 g/mol. The van der Waals surface area contributed by atoms with Crippen molar-refractivity contribution < 1.29 is 73.7 Å². The predicted octanol–water partition coefficient (Wildman–Crippen LogP) is -0.410. The quantitative estimate of drug-likeness (QED) is 0.114. The van der Waals surface area contributed by atoms with Crippen LogP contribution >= 0.6 is 0 Å². The van der Waals surface area contributed by atoms with Crippen molar-refractivity contribution in [3.05, 3.63) is 53.6 Å². The molecule has 4 rings (SSSR count). The van der Waals surface area contributed by atoms with E-state index in [-0.39, 0.29) is 30.3 Å². The van der Waals surface area contributed by atoms with Crippen LogP contribution in [-0.4, -0.2) is 131 Å². The molecule has 0 radical (unpaired) electrons. The summed E-state index contributed by atoms with van der Waals surface area (Å²) in [4.78, 5) is 12.9. The second kappa shape index (κ2) is 15.9. The number of carbonyl (C=O) groups is 1. The average molecular weight is 653 g/mol. The van der Waals surface area contributed by atoms with Gasteiger partial charge in [0.25, 0.3) is 0 Å². The van der Waals surface area contributed by atoms with Crippen LogP contribution in [0.15, 0.2) is 42.5 Å². The third-order valence-corrected chi connectivity index (χ3v) is 7.68. The number of phenolic OH excluding ortho intramolecular Hbond substituents is 2. The SMILES string of the molecule is COc1ccc(CCOC2OC(CO)C(OC(=O)/C=C/c3ccc(O)c(OC)c3)C(OC3OC(C)C(O)C(O)C3O)C2O)cc1O. The van der Waals surface area contributed by atoms with Crippen molar-refractivity contribution in [2.45, 2.75) is 74.8 Å². The Morgan fingerprint density at radius 1 is 0.848 bits per heavy atom. The highest BCUT2D eigenvalue weighted by molar-refractivity contribution is 5.87. The van der Waals surface area contributed by atoms with Gasteiger partial charge in [0.05, 0.1) is 33.5 Å². The van der Waals surface area contributed by atoms with E-state index < -0.39 is 74.0 Å². The number of aliphatic hydroxyl groups is 5. The van der Waals surface area contributed by atoms with Crippen molar-refractivity contribution in [2.24, 2.45) is 0 Å². The molecule has 0 saturated carbocycles. The van der Waals surface area contributed by atoms with Crippen molar-refractivity contribution in [1.82, 2.24) is 0 Å². The van der Waals surface area contributed by atoms with E-state index in [2.05, 4.69) is 0 Å². The molecule has 2 aliphatic heterocycles. The molecule has 0 amide bonds. The van der Waals surface area contributed by atoms with Crippen LogP contribution in [0.3, 0.4) is 0 Å².